The number of aryl methyl sites for hydroxylation is 1. The minimum atomic E-state index is -0.366. The van der Waals surface area contributed by atoms with Gasteiger partial charge in [-0.05, 0) is 12.2 Å². The minimum Gasteiger partial charge on any atom is -0.352 e. The third-order valence-corrected chi connectivity index (χ3v) is 4.99. The lowest BCUT2D eigenvalue weighted by molar-refractivity contribution is 0.0947. The molecule has 3 rings (SSSR count). The van der Waals surface area contributed by atoms with E-state index in [1.54, 1.807) is 24.1 Å². The van der Waals surface area contributed by atoms with Crippen LogP contribution in [0.25, 0.3) is 4.96 Å². The maximum absolute atomic E-state index is 12.6. The average molecular weight is 363 g/mol. The highest BCUT2D eigenvalue weighted by molar-refractivity contribution is 7.99. The molecule has 0 atom stereocenters. The number of thioether (sulfide) groups is 1. The molecular weight excluding hydrogens is 346 g/mol. The smallest absolute Gasteiger partial charge is 0.272 e. The molecule has 0 aliphatic carbocycles. The monoisotopic (exact) mass is 363 g/mol. The number of amides is 1. The molecule has 0 fully saturated rings. The van der Waals surface area contributed by atoms with E-state index in [0.717, 1.165) is 18.7 Å². The number of hydrogen-bond acceptors (Lipinski definition) is 6. The Morgan fingerprint density at radius 1 is 1.42 bits per heavy atom. The fourth-order valence-electron chi connectivity index (χ4n) is 2.27. The zero-order valence-corrected chi connectivity index (χ0v) is 14.8. The predicted octanol–water partition coefficient (Wildman–Crippen LogP) is 1.88. The molecule has 0 saturated heterocycles. The number of rotatable bonds is 7. The summed E-state index contributed by atoms with van der Waals surface area (Å²) in [6.07, 6.45) is 7.73. The highest BCUT2D eigenvalue weighted by atomic mass is 32.2. The fourth-order valence-corrected chi connectivity index (χ4v) is 3.78. The number of thiazole rings is 1. The van der Waals surface area contributed by atoms with Gasteiger partial charge in [-0.3, -0.25) is 14.0 Å². The number of nitrogens with zero attached hydrogens (tertiary/aromatic N) is 4. The maximum Gasteiger partial charge on any atom is 0.272 e. The Morgan fingerprint density at radius 3 is 3.04 bits per heavy atom. The van der Waals surface area contributed by atoms with Gasteiger partial charge in [-0.15, -0.1) is 23.1 Å². The lowest BCUT2D eigenvalue weighted by Crippen LogP contribution is -2.33. The summed E-state index contributed by atoms with van der Waals surface area (Å²) in [5.74, 6) is 0.379. The highest BCUT2D eigenvalue weighted by Gasteiger charge is 2.20. The van der Waals surface area contributed by atoms with Gasteiger partial charge in [-0.1, -0.05) is 6.92 Å². The van der Waals surface area contributed by atoms with Crippen molar-refractivity contribution < 1.29 is 4.79 Å². The topological polar surface area (TPSA) is 81.3 Å². The normalized spacial score (nSPS) is 11.0. The van der Waals surface area contributed by atoms with Gasteiger partial charge in [0.15, 0.2) is 4.96 Å². The molecule has 3 aromatic heterocycles. The quantitative estimate of drug-likeness (QED) is 0.394. The lowest BCUT2D eigenvalue weighted by atomic mass is 10.3. The van der Waals surface area contributed by atoms with Gasteiger partial charge in [0.25, 0.3) is 11.5 Å². The second-order valence-electron chi connectivity index (χ2n) is 5.00. The first-order valence-electron chi connectivity index (χ1n) is 7.57. The summed E-state index contributed by atoms with van der Waals surface area (Å²) < 4.78 is 3.36. The van der Waals surface area contributed by atoms with Crippen molar-refractivity contribution in [3.63, 3.8) is 0 Å². The lowest BCUT2D eigenvalue weighted by Gasteiger charge is -2.09. The summed E-state index contributed by atoms with van der Waals surface area (Å²) in [6.45, 7) is 3.21. The number of nitrogens with one attached hydrogen (secondary N) is 1. The Balaban J connectivity index is 1.74. The number of carbonyl (C=O) groups excluding carboxylic acids is 1. The minimum absolute atomic E-state index is 0.125. The van der Waals surface area contributed by atoms with Crippen LogP contribution in [0.5, 0.6) is 0 Å². The van der Waals surface area contributed by atoms with Crippen molar-refractivity contribution in [1.82, 2.24) is 24.3 Å². The van der Waals surface area contributed by atoms with Crippen LogP contribution in [-0.2, 0) is 6.54 Å². The molecule has 3 heterocycles. The van der Waals surface area contributed by atoms with Crippen molar-refractivity contribution in [2.24, 2.45) is 0 Å². The van der Waals surface area contributed by atoms with Gasteiger partial charge in [-0.2, -0.15) is 0 Å². The maximum atomic E-state index is 12.6. The van der Waals surface area contributed by atoms with E-state index in [1.807, 2.05) is 17.7 Å². The Kier molecular flexibility index (Phi) is 5.31. The predicted molar refractivity (Wildman–Crippen MR) is 94.9 cm³/mol. The standard InChI is InChI=1S/C15H17N5O2S2/c1-2-23-13-11(14(22)20-8-9-24-15(20)18-13)12(21)17-4-3-6-19-7-5-16-10-19/h5,7-10H,2-4,6H2,1H3,(H,17,21). The van der Waals surface area contributed by atoms with E-state index < -0.39 is 0 Å². The number of imidazole rings is 1. The van der Waals surface area contributed by atoms with Crippen LogP contribution in [-0.4, -0.2) is 37.1 Å². The highest BCUT2D eigenvalue weighted by Crippen LogP contribution is 2.20. The van der Waals surface area contributed by atoms with E-state index in [9.17, 15) is 9.59 Å². The molecule has 7 nitrogen and oxygen atoms in total. The Morgan fingerprint density at radius 2 is 2.29 bits per heavy atom. The Labute approximate surface area is 146 Å². The van der Waals surface area contributed by atoms with Gasteiger partial charge in [0.1, 0.15) is 10.6 Å². The van der Waals surface area contributed by atoms with Crippen molar-refractivity contribution in [3.8, 4) is 0 Å². The van der Waals surface area contributed by atoms with E-state index >= 15 is 0 Å². The van der Waals surface area contributed by atoms with Crippen molar-refractivity contribution in [1.29, 1.82) is 0 Å². The average Bonchev–Trinajstić information content (AvgIpc) is 3.23. The summed E-state index contributed by atoms with van der Waals surface area (Å²) in [4.78, 5) is 34.1. The second-order valence-corrected chi connectivity index (χ2v) is 7.12. The molecule has 0 spiro atoms. The summed E-state index contributed by atoms with van der Waals surface area (Å²) in [5, 5.41) is 5.11. The van der Waals surface area contributed by atoms with Crippen LogP contribution < -0.4 is 10.9 Å². The van der Waals surface area contributed by atoms with E-state index in [0.29, 0.717) is 16.5 Å². The third kappa shape index (κ3) is 3.51. The van der Waals surface area contributed by atoms with Gasteiger partial charge >= 0.3 is 0 Å². The SMILES string of the molecule is CCSc1nc2sccn2c(=O)c1C(=O)NCCCn1ccnc1. The van der Waals surface area contributed by atoms with Crippen LogP contribution in [0.2, 0.25) is 0 Å². The third-order valence-electron chi connectivity index (χ3n) is 3.38. The molecule has 1 amide bonds. The van der Waals surface area contributed by atoms with Gasteiger partial charge in [0.05, 0.1) is 6.33 Å². The molecule has 9 heteroatoms. The zero-order chi connectivity index (χ0) is 16.9. The van der Waals surface area contributed by atoms with Crippen molar-refractivity contribution in [2.45, 2.75) is 24.9 Å². The number of carbonyl (C=O) groups is 1. The van der Waals surface area contributed by atoms with Crippen molar-refractivity contribution in [2.75, 3.05) is 12.3 Å². The molecule has 0 unspecified atom stereocenters. The fraction of sp³-hybridized carbons (Fsp3) is 0.333. The molecule has 0 radical (unpaired) electrons. The molecule has 0 aliphatic rings. The first-order chi connectivity index (χ1) is 11.7. The molecule has 0 bridgehead atoms. The van der Waals surface area contributed by atoms with Gasteiger partial charge in [0, 0.05) is 37.1 Å². The van der Waals surface area contributed by atoms with Crippen LogP contribution in [0, 0.1) is 0 Å². The largest absolute Gasteiger partial charge is 0.352 e. The number of fused-ring (bicyclic) bond motifs is 1. The summed E-state index contributed by atoms with van der Waals surface area (Å²) in [6, 6.07) is 0. The number of hydrogen-bond donors (Lipinski definition) is 1. The molecule has 3 aromatic rings. The zero-order valence-electron chi connectivity index (χ0n) is 13.1. The molecule has 1 N–H and O–H groups in total. The Bertz CT molecular complexity index is 885. The second kappa shape index (κ2) is 7.63. The first-order valence-corrected chi connectivity index (χ1v) is 9.44. The number of aromatic nitrogens is 4. The van der Waals surface area contributed by atoms with Crippen LogP contribution in [0.15, 0.2) is 40.1 Å². The molecule has 126 valence electrons. The van der Waals surface area contributed by atoms with Crippen LogP contribution in [0.3, 0.4) is 0 Å². The molecule has 0 aliphatic heterocycles. The van der Waals surface area contributed by atoms with E-state index in [4.69, 9.17) is 0 Å². The molecule has 24 heavy (non-hydrogen) atoms. The summed E-state index contributed by atoms with van der Waals surface area (Å²) in [5.41, 5.74) is -0.190. The van der Waals surface area contributed by atoms with Gasteiger partial charge in [0.2, 0.25) is 0 Å². The van der Waals surface area contributed by atoms with Crippen LogP contribution in [0.1, 0.15) is 23.7 Å². The van der Waals surface area contributed by atoms with Crippen molar-refractivity contribution in [3.05, 3.63) is 46.2 Å². The first kappa shape index (κ1) is 16.7. The molecule has 0 aromatic carbocycles. The summed E-state index contributed by atoms with van der Waals surface area (Å²) in [7, 11) is 0. The summed E-state index contributed by atoms with van der Waals surface area (Å²) >= 11 is 2.79. The van der Waals surface area contributed by atoms with Crippen LogP contribution in [0.4, 0.5) is 0 Å². The van der Waals surface area contributed by atoms with E-state index in [1.165, 1.54) is 27.5 Å². The van der Waals surface area contributed by atoms with E-state index in [2.05, 4.69) is 15.3 Å². The molecule has 0 saturated carbocycles. The molecular formula is C15H17N5O2S2. The van der Waals surface area contributed by atoms with Crippen molar-refractivity contribution >= 4 is 34.0 Å². The van der Waals surface area contributed by atoms with E-state index in [-0.39, 0.29) is 17.0 Å². The van der Waals surface area contributed by atoms with Gasteiger partial charge in [-0.25, -0.2) is 9.97 Å². The van der Waals surface area contributed by atoms with Crippen LogP contribution >= 0.6 is 23.1 Å². The van der Waals surface area contributed by atoms with Gasteiger partial charge < -0.3 is 9.88 Å². The Hall–Kier alpha value is -2.13.